The Labute approximate surface area is 120 Å². The smallest absolute Gasteiger partial charge is 0.254 e. The Morgan fingerprint density at radius 3 is 3.10 bits per heavy atom. The van der Waals surface area contributed by atoms with Gasteiger partial charge in [0.15, 0.2) is 0 Å². The predicted molar refractivity (Wildman–Crippen MR) is 76.7 cm³/mol. The van der Waals surface area contributed by atoms with E-state index >= 15 is 0 Å². The van der Waals surface area contributed by atoms with Gasteiger partial charge >= 0.3 is 0 Å². The van der Waals surface area contributed by atoms with E-state index in [2.05, 4.69) is 10.3 Å². The molecule has 2 heterocycles. The van der Waals surface area contributed by atoms with Crippen molar-refractivity contribution < 1.29 is 9.59 Å². The van der Waals surface area contributed by atoms with Gasteiger partial charge in [0.05, 0.1) is 24.2 Å². The van der Waals surface area contributed by atoms with E-state index in [9.17, 15) is 9.59 Å². The maximum atomic E-state index is 12.3. The van der Waals surface area contributed by atoms with Crippen LogP contribution in [-0.2, 0) is 17.8 Å². The number of nitrogens with one attached hydrogen (secondary N) is 1. The fraction of sp³-hybridized carbons (Fsp3) is 0.214. The lowest BCUT2D eigenvalue weighted by atomic mass is 10.1. The zero-order valence-corrected chi connectivity index (χ0v) is 11.7. The molecule has 1 aromatic heterocycles. The highest BCUT2D eigenvalue weighted by molar-refractivity contribution is 7.07. The van der Waals surface area contributed by atoms with Crippen molar-refractivity contribution in [2.75, 3.05) is 12.4 Å². The zero-order chi connectivity index (χ0) is 14.1. The highest BCUT2D eigenvalue weighted by Gasteiger charge is 2.20. The number of aromatic nitrogens is 1. The maximum absolute atomic E-state index is 12.3. The van der Waals surface area contributed by atoms with Crippen molar-refractivity contribution in [2.45, 2.75) is 13.0 Å². The Morgan fingerprint density at radius 1 is 1.50 bits per heavy atom. The van der Waals surface area contributed by atoms with Gasteiger partial charge < -0.3 is 10.2 Å². The zero-order valence-electron chi connectivity index (χ0n) is 10.9. The van der Waals surface area contributed by atoms with Crippen LogP contribution in [0.5, 0.6) is 0 Å². The molecule has 0 saturated heterocycles. The number of anilines is 1. The van der Waals surface area contributed by atoms with Gasteiger partial charge in [-0.2, -0.15) is 0 Å². The molecule has 3 rings (SSSR count). The van der Waals surface area contributed by atoms with Crippen molar-refractivity contribution in [3.63, 3.8) is 0 Å². The van der Waals surface area contributed by atoms with Crippen LogP contribution in [0.2, 0.25) is 0 Å². The van der Waals surface area contributed by atoms with Crippen LogP contribution in [0, 0.1) is 0 Å². The molecule has 1 aliphatic rings. The van der Waals surface area contributed by atoms with Gasteiger partial charge in [0.1, 0.15) is 0 Å². The van der Waals surface area contributed by atoms with Crippen LogP contribution in [0.1, 0.15) is 21.6 Å². The van der Waals surface area contributed by atoms with E-state index in [1.807, 2.05) is 11.4 Å². The summed E-state index contributed by atoms with van der Waals surface area (Å²) in [6.07, 6.45) is 0.387. The third kappa shape index (κ3) is 2.42. The SMILES string of the molecule is CN(Cc1cscn1)C(=O)c1ccc2c(c1)NC(=O)C2. The summed E-state index contributed by atoms with van der Waals surface area (Å²) in [6.45, 7) is 0.478. The number of rotatable bonds is 3. The topological polar surface area (TPSA) is 62.3 Å². The van der Waals surface area contributed by atoms with Gasteiger partial charge in [0.2, 0.25) is 5.91 Å². The molecule has 0 unspecified atom stereocenters. The number of carbonyl (C=O) groups excluding carboxylic acids is 2. The van der Waals surface area contributed by atoms with Crippen molar-refractivity contribution in [3.05, 3.63) is 45.9 Å². The van der Waals surface area contributed by atoms with E-state index in [4.69, 9.17) is 0 Å². The molecule has 0 saturated carbocycles. The van der Waals surface area contributed by atoms with Crippen molar-refractivity contribution in [1.82, 2.24) is 9.88 Å². The minimum absolute atomic E-state index is 0.0274. The normalized spacial score (nSPS) is 12.9. The lowest BCUT2D eigenvalue weighted by molar-refractivity contribution is -0.115. The van der Waals surface area contributed by atoms with Crippen LogP contribution in [0.3, 0.4) is 0 Å². The van der Waals surface area contributed by atoms with Crippen LogP contribution in [0.15, 0.2) is 29.1 Å². The third-order valence-corrected chi connectivity index (χ3v) is 3.85. The largest absolute Gasteiger partial charge is 0.336 e. The van der Waals surface area contributed by atoms with E-state index in [-0.39, 0.29) is 11.8 Å². The first-order valence-corrected chi connectivity index (χ1v) is 7.13. The highest BCUT2D eigenvalue weighted by atomic mass is 32.1. The summed E-state index contributed by atoms with van der Waals surface area (Å²) in [5.41, 5.74) is 4.87. The number of hydrogen-bond acceptors (Lipinski definition) is 4. The molecule has 0 spiro atoms. The van der Waals surface area contributed by atoms with Crippen molar-refractivity contribution in [1.29, 1.82) is 0 Å². The fourth-order valence-electron chi connectivity index (χ4n) is 2.20. The van der Waals surface area contributed by atoms with Gasteiger partial charge in [-0.25, -0.2) is 4.98 Å². The first-order valence-electron chi connectivity index (χ1n) is 6.19. The summed E-state index contributed by atoms with van der Waals surface area (Å²) in [7, 11) is 1.74. The molecule has 1 aromatic carbocycles. The second kappa shape index (κ2) is 5.05. The highest BCUT2D eigenvalue weighted by Crippen LogP contribution is 2.24. The Kier molecular flexibility index (Phi) is 3.23. The van der Waals surface area contributed by atoms with Gasteiger partial charge in [0, 0.05) is 23.7 Å². The molecule has 1 aliphatic heterocycles. The average molecular weight is 287 g/mol. The van der Waals surface area contributed by atoms with Gasteiger partial charge in [-0.3, -0.25) is 9.59 Å². The molecular weight excluding hydrogens is 274 g/mol. The van der Waals surface area contributed by atoms with E-state index in [1.54, 1.807) is 29.6 Å². The van der Waals surface area contributed by atoms with Crippen LogP contribution in [0.4, 0.5) is 5.69 Å². The number of thiazole rings is 1. The van der Waals surface area contributed by atoms with Gasteiger partial charge in [0.25, 0.3) is 5.91 Å². The number of amides is 2. The van der Waals surface area contributed by atoms with Crippen molar-refractivity contribution >= 4 is 28.8 Å². The molecule has 0 aliphatic carbocycles. The average Bonchev–Trinajstić information content (AvgIpc) is 3.04. The Morgan fingerprint density at radius 2 is 2.35 bits per heavy atom. The lowest BCUT2D eigenvalue weighted by Gasteiger charge is -2.16. The first-order chi connectivity index (χ1) is 9.63. The second-order valence-corrected chi connectivity index (χ2v) is 5.46. The van der Waals surface area contributed by atoms with Crippen LogP contribution in [-0.4, -0.2) is 28.7 Å². The first kappa shape index (κ1) is 12.8. The van der Waals surface area contributed by atoms with Gasteiger partial charge in [-0.1, -0.05) is 6.07 Å². The Hall–Kier alpha value is -2.21. The molecule has 1 N–H and O–H groups in total. The summed E-state index contributed by atoms with van der Waals surface area (Å²) in [6, 6.07) is 5.33. The molecule has 0 fully saturated rings. The fourth-order valence-corrected chi connectivity index (χ4v) is 2.75. The standard InChI is InChI=1S/C14H13N3O2S/c1-17(6-11-7-20-8-15-11)14(19)10-3-2-9-5-13(18)16-12(9)4-10/h2-4,7-8H,5-6H2,1H3,(H,16,18). The number of carbonyl (C=O) groups is 2. The van der Waals surface area contributed by atoms with Crippen molar-refractivity contribution in [2.24, 2.45) is 0 Å². The number of nitrogens with zero attached hydrogens (tertiary/aromatic N) is 2. The quantitative estimate of drug-likeness (QED) is 0.938. The predicted octanol–water partition coefficient (Wildman–Crippen LogP) is 1.91. The van der Waals surface area contributed by atoms with Crippen molar-refractivity contribution in [3.8, 4) is 0 Å². The summed E-state index contributed by atoms with van der Waals surface area (Å²) >= 11 is 1.51. The molecule has 2 aromatic rings. The molecule has 0 bridgehead atoms. The molecular formula is C14H13N3O2S. The molecule has 2 amide bonds. The molecule has 0 atom stereocenters. The van der Waals surface area contributed by atoms with Crippen LogP contribution < -0.4 is 5.32 Å². The monoisotopic (exact) mass is 287 g/mol. The summed E-state index contributed by atoms with van der Waals surface area (Å²) in [5, 5.41) is 4.68. The van der Waals surface area contributed by atoms with E-state index < -0.39 is 0 Å². The lowest BCUT2D eigenvalue weighted by Crippen LogP contribution is -2.26. The Bertz CT molecular complexity index is 667. The van der Waals surface area contributed by atoms with Crippen LogP contribution in [0.25, 0.3) is 0 Å². The Balaban J connectivity index is 1.77. The van der Waals surface area contributed by atoms with Gasteiger partial charge in [-0.15, -0.1) is 11.3 Å². The summed E-state index contributed by atoms with van der Waals surface area (Å²) < 4.78 is 0. The minimum atomic E-state index is -0.0815. The maximum Gasteiger partial charge on any atom is 0.254 e. The number of benzene rings is 1. The molecule has 0 radical (unpaired) electrons. The molecule has 5 nitrogen and oxygen atoms in total. The van der Waals surface area contributed by atoms with E-state index in [0.717, 1.165) is 16.9 Å². The third-order valence-electron chi connectivity index (χ3n) is 3.21. The summed E-state index contributed by atoms with van der Waals surface area (Å²) in [5.74, 6) is -0.109. The molecule has 20 heavy (non-hydrogen) atoms. The molecule has 102 valence electrons. The minimum Gasteiger partial charge on any atom is -0.336 e. The second-order valence-electron chi connectivity index (χ2n) is 4.74. The number of fused-ring (bicyclic) bond motifs is 1. The van der Waals surface area contributed by atoms with E-state index in [0.29, 0.717) is 18.5 Å². The van der Waals surface area contributed by atoms with Gasteiger partial charge in [-0.05, 0) is 17.7 Å². The van der Waals surface area contributed by atoms with Crippen LogP contribution >= 0.6 is 11.3 Å². The van der Waals surface area contributed by atoms with E-state index in [1.165, 1.54) is 11.3 Å². The molecule has 6 heteroatoms. The summed E-state index contributed by atoms with van der Waals surface area (Å²) in [4.78, 5) is 29.4. The number of hydrogen-bond donors (Lipinski definition) is 1.